The summed E-state index contributed by atoms with van der Waals surface area (Å²) in [7, 11) is -3.93. The summed E-state index contributed by atoms with van der Waals surface area (Å²) in [5.41, 5.74) is 0.410. The lowest BCUT2D eigenvalue weighted by molar-refractivity contribution is -0.123. The van der Waals surface area contributed by atoms with E-state index in [0.717, 1.165) is 18.9 Å². The highest BCUT2D eigenvalue weighted by Crippen LogP contribution is 2.33. The molecule has 1 heterocycles. The average molecular weight is 378 g/mol. The third-order valence-corrected chi connectivity index (χ3v) is 5.36. The number of ether oxygens (including phenoxy) is 1. The number of hydrogen-bond donors (Lipinski definition) is 2. The fraction of sp³-hybridized carbons (Fsp3) is 0.278. The summed E-state index contributed by atoms with van der Waals surface area (Å²) in [5.74, 6) is -0.413. The molecule has 0 unspecified atom stereocenters. The van der Waals surface area contributed by atoms with Crippen molar-refractivity contribution >= 4 is 27.3 Å². The van der Waals surface area contributed by atoms with Gasteiger partial charge in [-0.2, -0.15) is 0 Å². The van der Waals surface area contributed by atoms with Crippen molar-refractivity contribution in [3.05, 3.63) is 48.3 Å². The number of anilines is 2. The second-order valence-electron chi connectivity index (χ2n) is 6.01. The molecule has 0 fully saturated rings. The second kappa shape index (κ2) is 7.33. The highest BCUT2D eigenvalue weighted by Gasteiger charge is 2.28. The van der Waals surface area contributed by atoms with Crippen molar-refractivity contribution in [2.24, 2.45) is 0 Å². The Morgan fingerprint density at radius 1 is 1.23 bits per heavy atom. The number of hydrogen-bond acceptors (Lipinski definition) is 4. The van der Waals surface area contributed by atoms with Crippen molar-refractivity contribution in [2.75, 3.05) is 10.0 Å². The Morgan fingerprint density at radius 2 is 2.04 bits per heavy atom. The molecule has 6 nitrogen and oxygen atoms in total. The molecule has 2 N–H and O–H groups in total. The third-order valence-electron chi connectivity index (χ3n) is 3.98. The van der Waals surface area contributed by atoms with E-state index in [1.165, 1.54) is 36.4 Å². The number of rotatable bonds is 6. The number of benzene rings is 2. The Bertz CT molecular complexity index is 931. The molecule has 3 rings (SSSR count). The van der Waals surface area contributed by atoms with Crippen LogP contribution in [0.25, 0.3) is 0 Å². The van der Waals surface area contributed by atoms with E-state index in [1.54, 1.807) is 0 Å². The van der Waals surface area contributed by atoms with Gasteiger partial charge in [0.25, 0.3) is 15.9 Å². The topological polar surface area (TPSA) is 84.5 Å². The van der Waals surface area contributed by atoms with Crippen molar-refractivity contribution in [3.63, 3.8) is 0 Å². The molecule has 26 heavy (non-hydrogen) atoms. The molecule has 2 aromatic carbocycles. The predicted octanol–water partition coefficient (Wildman–Crippen LogP) is 3.52. The largest absolute Gasteiger partial charge is 0.478 e. The molecule has 8 heteroatoms. The van der Waals surface area contributed by atoms with Crippen LogP contribution in [0.1, 0.15) is 26.2 Å². The second-order valence-corrected chi connectivity index (χ2v) is 7.69. The first-order valence-corrected chi connectivity index (χ1v) is 9.77. The number of carbonyl (C=O) groups is 1. The fourth-order valence-electron chi connectivity index (χ4n) is 2.64. The number of sulfonamides is 1. The summed E-state index contributed by atoms with van der Waals surface area (Å²) in [5, 5.41) is 2.69. The van der Waals surface area contributed by atoms with Gasteiger partial charge in [0.2, 0.25) is 0 Å². The Balaban J connectivity index is 1.82. The van der Waals surface area contributed by atoms with E-state index in [0.29, 0.717) is 17.9 Å². The normalized spacial score (nSPS) is 16.4. The molecule has 1 amide bonds. The van der Waals surface area contributed by atoms with Crippen molar-refractivity contribution in [1.82, 2.24) is 0 Å². The van der Waals surface area contributed by atoms with Gasteiger partial charge >= 0.3 is 0 Å². The summed E-state index contributed by atoms with van der Waals surface area (Å²) in [6, 6.07) is 9.37. The van der Waals surface area contributed by atoms with Crippen LogP contribution in [-0.2, 0) is 14.8 Å². The molecule has 1 aliphatic heterocycles. The molecule has 0 aromatic heterocycles. The predicted molar refractivity (Wildman–Crippen MR) is 96.2 cm³/mol. The van der Waals surface area contributed by atoms with Gasteiger partial charge in [-0.15, -0.1) is 0 Å². The highest BCUT2D eigenvalue weighted by molar-refractivity contribution is 7.92. The average Bonchev–Trinajstić information content (AvgIpc) is 2.59. The van der Waals surface area contributed by atoms with Gasteiger partial charge in [0.15, 0.2) is 6.10 Å². The molecular formula is C18H19FN2O4S. The zero-order valence-electron chi connectivity index (χ0n) is 14.2. The van der Waals surface area contributed by atoms with Crippen LogP contribution in [0.3, 0.4) is 0 Å². The lowest BCUT2D eigenvalue weighted by atomic mass is 10.1. The van der Waals surface area contributed by atoms with Gasteiger partial charge in [0, 0.05) is 0 Å². The molecular weight excluding hydrogens is 359 g/mol. The summed E-state index contributed by atoms with van der Waals surface area (Å²) in [6.45, 7) is 2.03. The van der Waals surface area contributed by atoms with Crippen LogP contribution in [0.15, 0.2) is 47.4 Å². The number of amides is 1. The molecule has 2 aromatic rings. The minimum atomic E-state index is -3.93. The van der Waals surface area contributed by atoms with Crippen LogP contribution in [-0.4, -0.2) is 20.4 Å². The van der Waals surface area contributed by atoms with Crippen LogP contribution in [0, 0.1) is 5.82 Å². The van der Waals surface area contributed by atoms with Crippen molar-refractivity contribution in [3.8, 4) is 5.75 Å². The van der Waals surface area contributed by atoms with Crippen molar-refractivity contribution in [1.29, 1.82) is 0 Å². The Kier molecular flexibility index (Phi) is 5.13. The quantitative estimate of drug-likeness (QED) is 0.806. The van der Waals surface area contributed by atoms with E-state index in [9.17, 15) is 17.6 Å². The van der Waals surface area contributed by atoms with Gasteiger partial charge < -0.3 is 10.1 Å². The van der Waals surface area contributed by atoms with E-state index < -0.39 is 21.9 Å². The summed E-state index contributed by atoms with van der Waals surface area (Å²) >= 11 is 0. The maximum absolute atomic E-state index is 13.2. The number of fused-ring (bicyclic) bond motifs is 1. The number of nitrogens with one attached hydrogen (secondary N) is 2. The third kappa shape index (κ3) is 3.96. The molecule has 0 radical (unpaired) electrons. The van der Waals surface area contributed by atoms with Gasteiger partial charge in [-0.05, 0) is 49.2 Å². The molecule has 1 atom stereocenters. The first-order valence-electron chi connectivity index (χ1n) is 8.29. The van der Waals surface area contributed by atoms with Crippen LogP contribution < -0.4 is 14.8 Å². The number of carbonyl (C=O) groups excluding carboxylic acids is 1. The summed E-state index contributed by atoms with van der Waals surface area (Å²) < 4.78 is 46.2. The Labute approximate surface area is 151 Å². The molecule has 1 aliphatic rings. The lowest BCUT2D eigenvalue weighted by Crippen LogP contribution is -2.37. The molecule has 138 valence electrons. The molecule has 0 bridgehead atoms. The van der Waals surface area contributed by atoms with Crippen LogP contribution in [0.2, 0.25) is 0 Å². The molecule has 0 saturated heterocycles. The number of halogens is 1. The van der Waals surface area contributed by atoms with Gasteiger partial charge in [-0.25, -0.2) is 12.8 Å². The summed E-state index contributed by atoms with van der Waals surface area (Å²) in [6.07, 6.45) is 1.83. The van der Waals surface area contributed by atoms with Crippen molar-refractivity contribution in [2.45, 2.75) is 37.2 Å². The molecule has 0 aliphatic carbocycles. The lowest BCUT2D eigenvalue weighted by Gasteiger charge is -2.26. The SMILES string of the molecule is CCCC[C@@H]1Oc2ccc(S(=O)(=O)Nc3cccc(F)c3)cc2NC1=O. The van der Waals surface area contributed by atoms with Crippen LogP contribution in [0.5, 0.6) is 5.75 Å². The minimum absolute atomic E-state index is 0.0589. The smallest absolute Gasteiger partial charge is 0.265 e. The van der Waals surface area contributed by atoms with E-state index in [4.69, 9.17) is 4.74 Å². The minimum Gasteiger partial charge on any atom is -0.478 e. The zero-order chi connectivity index (χ0) is 18.7. The van der Waals surface area contributed by atoms with Gasteiger partial charge in [0.05, 0.1) is 16.3 Å². The maximum atomic E-state index is 13.2. The zero-order valence-corrected chi connectivity index (χ0v) is 15.0. The first kappa shape index (κ1) is 18.2. The van der Waals surface area contributed by atoms with Crippen LogP contribution >= 0.6 is 0 Å². The van der Waals surface area contributed by atoms with Crippen molar-refractivity contribution < 1.29 is 22.3 Å². The first-order chi connectivity index (χ1) is 12.4. The van der Waals surface area contributed by atoms with E-state index in [-0.39, 0.29) is 16.5 Å². The Hall–Kier alpha value is -2.61. The van der Waals surface area contributed by atoms with Gasteiger partial charge in [-0.1, -0.05) is 19.4 Å². The fourth-order valence-corrected chi connectivity index (χ4v) is 3.72. The Morgan fingerprint density at radius 3 is 2.77 bits per heavy atom. The maximum Gasteiger partial charge on any atom is 0.265 e. The number of unbranched alkanes of at least 4 members (excludes halogenated alkanes) is 1. The van der Waals surface area contributed by atoms with E-state index in [2.05, 4.69) is 10.0 Å². The van der Waals surface area contributed by atoms with E-state index >= 15 is 0 Å². The van der Waals surface area contributed by atoms with E-state index in [1.807, 2.05) is 6.92 Å². The molecule has 0 saturated carbocycles. The highest BCUT2D eigenvalue weighted by atomic mass is 32.2. The summed E-state index contributed by atoms with van der Waals surface area (Å²) in [4.78, 5) is 12.1. The standard InChI is InChI=1S/C18H19FN2O4S/c1-2-3-7-17-18(22)20-15-11-14(8-9-16(15)25-17)26(23,24)21-13-6-4-5-12(19)10-13/h4-6,8-11,17,21H,2-3,7H2,1H3,(H,20,22)/t17-/m0/s1. The molecule has 0 spiro atoms. The monoisotopic (exact) mass is 378 g/mol. The van der Waals surface area contributed by atoms with Gasteiger partial charge in [0.1, 0.15) is 11.6 Å². The van der Waals surface area contributed by atoms with Gasteiger partial charge in [-0.3, -0.25) is 9.52 Å². The van der Waals surface area contributed by atoms with Crippen LogP contribution in [0.4, 0.5) is 15.8 Å².